The second-order valence-electron chi connectivity index (χ2n) is 7.42. The molecule has 1 aliphatic heterocycles. The maximum absolute atomic E-state index is 5.52. The lowest BCUT2D eigenvalue weighted by atomic mass is 10.1. The number of hydrogen-bond acceptors (Lipinski definition) is 7. The minimum atomic E-state index is 0.570. The van der Waals surface area contributed by atoms with E-state index in [4.69, 9.17) is 19.2 Å². The molecule has 0 atom stereocenters. The molecular formula is C23H29N5O3. The van der Waals surface area contributed by atoms with E-state index >= 15 is 0 Å². The Morgan fingerprint density at radius 2 is 1.68 bits per heavy atom. The second-order valence-corrected chi connectivity index (χ2v) is 7.42. The number of rotatable bonds is 8. The quantitative estimate of drug-likeness (QED) is 0.570. The summed E-state index contributed by atoms with van der Waals surface area (Å²) in [6.45, 7) is 3.83. The first-order valence-corrected chi connectivity index (χ1v) is 10.5. The van der Waals surface area contributed by atoms with Crippen molar-refractivity contribution < 1.29 is 14.2 Å². The van der Waals surface area contributed by atoms with Crippen LogP contribution in [-0.2, 0) is 13.0 Å². The van der Waals surface area contributed by atoms with Gasteiger partial charge in [-0.1, -0.05) is 25.5 Å². The minimum Gasteiger partial charge on any atom is -0.493 e. The molecule has 1 aromatic heterocycles. The van der Waals surface area contributed by atoms with Gasteiger partial charge in [-0.3, -0.25) is 0 Å². The van der Waals surface area contributed by atoms with E-state index in [0.717, 1.165) is 49.7 Å². The standard InChI is InChI=1S/C23H29N5O3/c1-5-7-16-8-10-17(11-9-16)24-22-25-23-27(12-6-13-28(23)26-22)18-14-19(29-2)21(31-4)20(15-18)30-3/h8-11,14-15H,5-7,12-13H2,1-4H3,(H,24,26). The zero-order valence-corrected chi connectivity index (χ0v) is 18.5. The lowest BCUT2D eigenvalue weighted by Gasteiger charge is -2.28. The number of benzene rings is 2. The Labute approximate surface area is 182 Å². The molecule has 8 heteroatoms. The number of nitrogens with zero attached hydrogens (tertiary/aromatic N) is 4. The van der Waals surface area contributed by atoms with Crippen molar-refractivity contribution in [3.05, 3.63) is 42.0 Å². The summed E-state index contributed by atoms with van der Waals surface area (Å²) in [5, 5.41) is 7.99. The van der Waals surface area contributed by atoms with Crippen molar-refractivity contribution in [1.29, 1.82) is 0 Å². The van der Waals surface area contributed by atoms with Gasteiger partial charge in [-0.05, 0) is 30.5 Å². The first-order chi connectivity index (χ1) is 15.2. The molecular weight excluding hydrogens is 394 g/mol. The molecule has 0 amide bonds. The molecule has 0 fully saturated rings. The molecule has 0 aliphatic carbocycles. The average Bonchev–Trinajstić information content (AvgIpc) is 3.22. The van der Waals surface area contributed by atoms with Gasteiger partial charge in [-0.2, -0.15) is 4.98 Å². The van der Waals surface area contributed by atoms with Gasteiger partial charge in [0, 0.05) is 30.9 Å². The minimum absolute atomic E-state index is 0.570. The molecule has 2 aromatic carbocycles. The summed E-state index contributed by atoms with van der Waals surface area (Å²) in [4.78, 5) is 6.89. The molecule has 1 aliphatic rings. The van der Waals surface area contributed by atoms with Crippen LogP contribution >= 0.6 is 0 Å². The Morgan fingerprint density at radius 3 is 2.29 bits per heavy atom. The molecule has 1 N–H and O–H groups in total. The van der Waals surface area contributed by atoms with Crippen molar-refractivity contribution in [1.82, 2.24) is 14.8 Å². The smallest absolute Gasteiger partial charge is 0.248 e. The molecule has 0 bridgehead atoms. The van der Waals surface area contributed by atoms with Gasteiger partial charge >= 0.3 is 0 Å². The number of methoxy groups -OCH3 is 3. The lowest BCUT2D eigenvalue weighted by molar-refractivity contribution is 0.324. The monoisotopic (exact) mass is 423 g/mol. The number of anilines is 4. The van der Waals surface area contributed by atoms with Crippen molar-refractivity contribution in [2.75, 3.05) is 38.1 Å². The predicted molar refractivity (Wildman–Crippen MR) is 121 cm³/mol. The molecule has 2 heterocycles. The highest BCUT2D eigenvalue weighted by molar-refractivity contribution is 5.68. The maximum Gasteiger partial charge on any atom is 0.248 e. The Bertz CT molecular complexity index is 1010. The van der Waals surface area contributed by atoms with E-state index in [2.05, 4.69) is 46.5 Å². The van der Waals surface area contributed by atoms with Gasteiger partial charge in [0.1, 0.15) is 0 Å². The number of fused-ring (bicyclic) bond motifs is 1. The molecule has 4 rings (SSSR count). The number of hydrogen-bond donors (Lipinski definition) is 1. The van der Waals surface area contributed by atoms with E-state index < -0.39 is 0 Å². The Morgan fingerprint density at radius 1 is 0.968 bits per heavy atom. The van der Waals surface area contributed by atoms with Crippen LogP contribution in [0.5, 0.6) is 17.2 Å². The summed E-state index contributed by atoms with van der Waals surface area (Å²) in [6, 6.07) is 12.3. The van der Waals surface area contributed by atoms with E-state index in [1.54, 1.807) is 21.3 Å². The summed E-state index contributed by atoms with van der Waals surface area (Å²) in [5.41, 5.74) is 3.22. The summed E-state index contributed by atoms with van der Waals surface area (Å²) in [7, 11) is 4.84. The Hall–Kier alpha value is -3.42. The van der Waals surface area contributed by atoms with Crippen LogP contribution in [0.25, 0.3) is 0 Å². The number of nitrogens with one attached hydrogen (secondary N) is 1. The zero-order valence-electron chi connectivity index (χ0n) is 18.5. The molecule has 0 saturated carbocycles. The molecule has 164 valence electrons. The first kappa shape index (κ1) is 20.8. The van der Waals surface area contributed by atoms with Crippen molar-refractivity contribution >= 4 is 23.3 Å². The average molecular weight is 424 g/mol. The molecule has 0 saturated heterocycles. The first-order valence-electron chi connectivity index (χ1n) is 10.5. The van der Waals surface area contributed by atoms with E-state index in [9.17, 15) is 0 Å². The van der Waals surface area contributed by atoms with Crippen LogP contribution in [0.15, 0.2) is 36.4 Å². The van der Waals surface area contributed by atoms with E-state index in [-0.39, 0.29) is 0 Å². The van der Waals surface area contributed by atoms with Gasteiger partial charge < -0.3 is 24.4 Å². The van der Waals surface area contributed by atoms with Crippen molar-refractivity contribution in [3.8, 4) is 17.2 Å². The number of aryl methyl sites for hydroxylation is 2. The van der Waals surface area contributed by atoms with Crippen LogP contribution in [0.1, 0.15) is 25.3 Å². The Balaban J connectivity index is 1.62. The van der Waals surface area contributed by atoms with Gasteiger partial charge in [0.2, 0.25) is 17.6 Å². The van der Waals surface area contributed by atoms with Crippen molar-refractivity contribution in [2.45, 2.75) is 32.7 Å². The van der Waals surface area contributed by atoms with E-state index in [1.165, 1.54) is 5.56 Å². The summed E-state index contributed by atoms with van der Waals surface area (Å²) in [5.74, 6) is 3.15. The fraction of sp³-hybridized carbons (Fsp3) is 0.391. The normalized spacial score (nSPS) is 13.0. The van der Waals surface area contributed by atoms with Crippen molar-refractivity contribution in [3.63, 3.8) is 0 Å². The van der Waals surface area contributed by atoms with Gasteiger partial charge in [0.25, 0.3) is 0 Å². The molecule has 31 heavy (non-hydrogen) atoms. The Kier molecular flexibility index (Phi) is 6.16. The van der Waals surface area contributed by atoms with Crippen LogP contribution in [0, 0.1) is 0 Å². The van der Waals surface area contributed by atoms with E-state index in [1.807, 2.05) is 16.8 Å². The molecule has 0 radical (unpaired) electrons. The fourth-order valence-corrected chi connectivity index (χ4v) is 3.86. The SMILES string of the molecule is CCCc1ccc(Nc2nc3n(n2)CCCN3c2cc(OC)c(OC)c(OC)c2)cc1. The van der Waals surface area contributed by atoms with Gasteiger partial charge in [0.15, 0.2) is 11.5 Å². The lowest BCUT2D eigenvalue weighted by Crippen LogP contribution is -2.28. The van der Waals surface area contributed by atoms with Crippen molar-refractivity contribution in [2.24, 2.45) is 0 Å². The summed E-state index contributed by atoms with van der Waals surface area (Å²) < 4.78 is 18.4. The third kappa shape index (κ3) is 4.23. The van der Waals surface area contributed by atoms with Gasteiger partial charge in [0.05, 0.1) is 27.0 Å². The zero-order chi connectivity index (χ0) is 21.8. The number of ether oxygens (including phenoxy) is 3. The molecule has 0 unspecified atom stereocenters. The van der Waals surface area contributed by atoms with Crippen LogP contribution in [0.2, 0.25) is 0 Å². The van der Waals surface area contributed by atoms with Crippen LogP contribution in [0.4, 0.5) is 23.3 Å². The third-order valence-corrected chi connectivity index (χ3v) is 5.36. The van der Waals surface area contributed by atoms with Gasteiger partial charge in [-0.25, -0.2) is 4.68 Å². The molecule has 3 aromatic rings. The summed E-state index contributed by atoms with van der Waals surface area (Å²) >= 11 is 0. The predicted octanol–water partition coefficient (Wildman–Crippen LogP) is 4.54. The largest absolute Gasteiger partial charge is 0.493 e. The summed E-state index contributed by atoms with van der Waals surface area (Å²) in [6.07, 6.45) is 3.18. The van der Waals surface area contributed by atoms with Crippen LogP contribution < -0.4 is 24.4 Å². The van der Waals surface area contributed by atoms with E-state index in [0.29, 0.717) is 23.2 Å². The highest BCUT2D eigenvalue weighted by Gasteiger charge is 2.25. The van der Waals surface area contributed by atoms with Crippen LogP contribution in [0.3, 0.4) is 0 Å². The second kappa shape index (κ2) is 9.16. The maximum atomic E-state index is 5.52. The fourth-order valence-electron chi connectivity index (χ4n) is 3.86. The highest BCUT2D eigenvalue weighted by atomic mass is 16.5. The van der Waals surface area contributed by atoms with Crippen LogP contribution in [-0.4, -0.2) is 42.6 Å². The van der Waals surface area contributed by atoms with Gasteiger partial charge in [-0.15, -0.1) is 5.10 Å². The third-order valence-electron chi connectivity index (χ3n) is 5.36. The number of aromatic nitrogens is 3. The topological polar surface area (TPSA) is 73.7 Å². The molecule has 0 spiro atoms. The highest BCUT2D eigenvalue weighted by Crippen LogP contribution is 2.43. The molecule has 8 nitrogen and oxygen atoms in total.